The first-order valence-corrected chi connectivity index (χ1v) is 6.19. The molecule has 0 amide bonds. The minimum atomic E-state index is -0.0931. The van der Waals surface area contributed by atoms with E-state index < -0.39 is 0 Å². The summed E-state index contributed by atoms with van der Waals surface area (Å²) in [5.74, 6) is 0.381. The first-order chi connectivity index (χ1) is 7.62. The predicted molar refractivity (Wildman–Crippen MR) is 65.3 cm³/mol. The molecule has 3 rings (SSSR count). The Morgan fingerprint density at radius 2 is 2.25 bits per heavy atom. The van der Waals surface area contributed by atoms with Gasteiger partial charge in [-0.2, -0.15) is 0 Å². The van der Waals surface area contributed by atoms with Gasteiger partial charge in [0, 0.05) is 24.6 Å². The van der Waals surface area contributed by atoms with Crippen LogP contribution in [0.1, 0.15) is 24.0 Å². The Kier molecular flexibility index (Phi) is 2.44. The first-order valence-electron chi connectivity index (χ1n) is 5.43. The summed E-state index contributed by atoms with van der Waals surface area (Å²) in [6, 6.07) is 3.97. The molecule has 0 bridgehead atoms. The van der Waals surface area contributed by atoms with Crippen LogP contribution >= 0.6 is 23.2 Å². The second-order valence-corrected chi connectivity index (χ2v) is 5.50. The highest BCUT2D eigenvalue weighted by atomic mass is 35.5. The van der Waals surface area contributed by atoms with Crippen LogP contribution in [-0.4, -0.2) is 18.7 Å². The lowest BCUT2D eigenvalue weighted by molar-refractivity contribution is -0.0517. The number of fused-ring (bicyclic) bond motifs is 3. The van der Waals surface area contributed by atoms with E-state index in [0.29, 0.717) is 22.6 Å². The quantitative estimate of drug-likeness (QED) is 0.772. The molecule has 2 aliphatic heterocycles. The summed E-state index contributed by atoms with van der Waals surface area (Å²) in [6.45, 7) is 4.56. The van der Waals surface area contributed by atoms with Crippen LogP contribution in [0.15, 0.2) is 12.1 Å². The zero-order valence-corrected chi connectivity index (χ0v) is 10.5. The van der Waals surface area contributed by atoms with Gasteiger partial charge in [-0.15, -0.1) is 0 Å². The van der Waals surface area contributed by atoms with Crippen molar-refractivity contribution in [3.05, 3.63) is 33.3 Å². The molecule has 0 aromatic heterocycles. The topological polar surface area (TPSA) is 21.3 Å². The maximum absolute atomic E-state index is 6.21. The van der Waals surface area contributed by atoms with Crippen LogP contribution in [0.2, 0.25) is 10.0 Å². The molecule has 2 atom stereocenters. The van der Waals surface area contributed by atoms with Gasteiger partial charge in [0.25, 0.3) is 0 Å². The SMILES string of the molecule is C[C@@]12CNC[C@@H]1c1ccc(Cl)c(Cl)c1CO2. The van der Waals surface area contributed by atoms with Gasteiger partial charge in [-0.3, -0.25) is 0 Å². The van der Waals surface area contributed by atoms with Gasteiger partial charge < -0.3 is 10.1 Å². The number of halogens is 2. The third kappa shape index (κ3) is 1.41. The minimum absolute atomic E-state index is 0.0931. The highest BCUT2D eigenvalue weighted by Gasteiger charge is 2.44. The van der Waals surface area contributed by atoms with Crippen molar-refractivity contribution in [1.29, 1.82) is 0 Å². The summed E-state index contributed by atoms with van der Waals surface area (Å²) >= 11 is 12.2. The Morgan fingerprint density at radius 1 is 1.44 bits per heavy atom. The van der Waals surface area contributed by atoms with Gasteiger partial charge in [-0.1, -0.05) is 29.3 Å². The summed E-state index contributed by atoms with van der Waals surface area (Å²) in [5, 5.41) is 4.63. The van der Waals surface area contributed by atoms with Crippen molar-refractivity contribution in [1.82, 2.24) is 5.32 Å². The van der Waals surface area contributed by atoms with Crippen LogP contribution in [0.25, 0.3) is 0 Å². The first kappa shape index (κ1) is 10.8. The van der Waals surface area contributed by atoms with Gasteiger partial charge in [0.1, 0.15) is 0 Å². The fourth-order valence-corrected chi connectivity index (χ4v) is 3.12. The van der Waals surface area contributed by atoms with Crippen LogP contribution < -0.4 is 5.32 Å². The summed E-state index contributed by atoms with van der Waals surface area (Å²) in [7, 11) is 0. The fraction of sp³-hybridized carbons (Fsp3) is 0.500. The number of nitrogens with one attached hydrogen (secondary N) is 1. The molecule has 1 aromatic rings. The van der Waals surface area contributed by atoms with E-state index in [-0.39, 0.29) is 5.60 Å². The predicted octanol–water partition coefficient (Wildman–Crippen LogP) is 2.97. The largest absolute Gasteiger partial charge is 0.369 e. The summed E-state index contributed by atoms with van der Waals surface area (Å²) < 4.78 is 5.95. The van der Waals surface area contributed by atoms with E-state index in [4.69, 9.17) is 27.9 Å². The highest BCUT2D eigenvalue weighted by molar-refractivity contribution is 6.42. The normalized spacial score (nSPS) is 32.3. The lowest BCUT2D eigenvalue weighted by Crippen LogP contribution is -2.39. The molecule has 86 valence electrons. The molecule has 16 heavy (non-hydrogen) atoms. The van der Waals surface area contributed by atoms with E-state index in [2.05, 4.69) is 18.3 Å². The molecule has 2 aliphatic rings. The average molecular weight is 258 g/mol. The third-order valence-corrected chi connectivity index (χ3v) is 4.56. The molecular weight excluding hydrogens is 245 g/mol. The van der Waals surface area contributed by atoms with Crippen molar-refractivity contribution in [2.45, 2.75) is 25.0 Å². The van der Waals surface area contributed by atoms with Crippen molar-refractivity contribution in [3.8, 4) is 0 Å². The molecule has 1 saturated heterocycles. The zero-order valence-electron chi connectivity index (χ0n) is 9.02. The number of hydrogen-bond acceptors (Lipinski definition) is 2. The molecule has 4 heteroatoms. The fourth-order valence-electron chi connectivity index (χ4n) is 2.71. The Labute approximate surface area is 105 Å². The second kappa shape index (κ2) is 3.61. The molecule has 2 nitrogen and oxygen atoms in total. The Balaban J connectivity index is 2.14. The van der Waals surface area contributed by atoms with Crippen molar-refractivity contribution in [2.24, 2.45) is 0 Å². The second-order valence-electron chi connectivity index (χ2n) is 4.71. The van der Waals surface area contributed by atoms with Crippen molar-refractivity contribution in [3.63, 3.8) is 0 Å². The summed E-state index contributed by atoms with van der Waals surface area (Å²) in [5.41, 5.74) is 2.25. The van der Waals surface area contributed by atoms with Crippen molar-refractivity contribution < 1.29 is 4.74 Å². The van der Waals surface area contributed by atoms with Gasteiger partial charge in [0.15, 0.2) is 0 Å². The number of ether oxygens (including phenoxy) is 1. The Hall–Kier alpha value is -0.280. The van der Waals surface area contributed by atoms with Crippen LogP contribution in [0.5, 0.6) is 0 Å². The monoisotopic (exact) mass is 257 g/mol. The van der Waals surface area contributed by atoms with E-state index in [1.54, 1.807) is 0 Å². The van der Waals surface area contributed by atoms with Crippen molar-refractivity contribution >= 4 is 23.2 Å². The van der Waals surface area contributed by atoms with Crippen LogP contribution in [0.4, 0.5) is 0 Å². The smallest absolute Gasteiger partial charge is 0.0863 e. The standard InChI is InChI=1S/C12H13Cl2NO/c1-12-6-15-4-9(12)7-2-3-10(13)11(14)8(7)5-16-12/h2-3,9,15H,4-6H2,1H3/t9-,12-/m1/s1. The van der Waals surface area contributed by atoms with E-state index >= 15 is 0 Å². The third-order valence-electron chi connectivity index (χ3n) is 3.72. The molecule has 2 heterocycles. The molecule has 1 fully saturated rings. The Morgan fingerprint density at radius 3 is 3.06 bits per heavy atom. The van der Waals surface area contributed by atoms with Gasteiger partial charge in [-0.25, -0.2) is 0 Å². The van der Waals surface area contributed by atoms with Gasteiger partial charge in [-0.05, 0) is 18.6 Å². The highest BCUT2D eigenvalue weighted by Crippen LogP contribution is 2.44. The lowest BCUT2D eigenvalue weighted by atomic mass is 9.81. The number of benzene rings is 1. The summed E-state index contributed by atoms with van der Waals surface area (Å²) in [4.78, 5) is 0. The molecule has 0 aliphatic carbocycles. The van der Waals surface area contributed by atoms with Gasteiger partial charge in [0.05, 0.1) is 22.3 Å². The van der Waals surface area contributed by atoms with E-state index in [1.807, 2.05) is 6.07 Å². The van der Waals surface area contributed by atoms with E-state index in [0.717, 1.165) is 18.7 Å². The molecule has 0 unspecified atom stereocenters. The maximum atomic E-state index is 6.21. The van der Waals surface area contributed by atoms with Crippen LogP contribution in [0, 0.1) is 0 Å². The summed E-state index contributed by atoms with van der Waals surface area (Å²) in [6.07, 6.45) is 0. The average Bonchev–Trinajstić information content (AvgIpc) is 2.65. The number of rotatable bonds is 0. The van der Waals surface area contributed by atoms with Gasteiger partial charge >= 0.3 is 0 Å². The lowest BCUT2D eigenvalue weighted by Gasteiger charge is -2.37. The van der Waals surface area contributed by atoms with Gasteiger partial charge in [0.2, 0.25) is 0 Å². The van der Waals surface area contributed by atoms with E-state index in [1.165, 1.54) is 5.56 Å². The molecule has 0 spiro atoms. The molecule has 0 radical (unpaired) electrons. The molecule has 0 saturated carbocycles. The van der Waals surface area contributed by atoms with Crippen LogP contribution in [0.3, 0.4) is 0 Å². The van der Waals surface area contributed by atoms with Crippen molar-refractivity contribution in [2.75, 3.05) is 13.1 Å². The molecular formula is C12H13Cl2NO. The molecule has 1 aromatic carbocycles. The maximum Gasteiger partial charge on any atom is 0.0863 e. The van der Waals surface area contributed by atoms with E-state index in [9.17, 15) is 0 Å². The Bertz CT molecular complexity index is 449. The molecule has 1 N–H and O–H groups in total. The zero-order chi connectivity index (χ0) is 11.3. The van der Waals surface area contributed by atoms with Crippen LogP contribution in [-0.2, 0) is 11.3 Å². The number of hydrogen-bond donors (Lipinski definition) is 1. The minimum Gasteiger partial charge on any atom is -0.369 e.